The van der Waals surface area contributed by atoms with Crippen molar-refractivity contribution in [2.75, 3.05) is 12.4 Å². The molecular weight excluding hydrogens is 364 g/mol. The Morgan fingerprint density at radius 2 is 2.10 bits per heavy atom. The second-order valence-electron chi connectivity index (χ2n) is 7.83. The number of nitrogens with two attached hydrogens (primary N) is 1. The largest absolute Gasteiger partial charge is 0.402 e. The van der Waals surface area contributed by atoms with Gasteiger partial charge in [0.2, 0.25) is 0 Å². The lowest BCUT2D eigenvalue weighted by Gasteiger charge is -2.06. The minimum atomic E-state index is 0.316. The van der Waals surface area contributed by atoms with Crippen molar-refractivity contribution in [2.24, 2.45) is 16.6 Å². The molecule has 2 aliphatic carbocycles. The van der Waals surface area contributed by atoms with Crippen LogP contribution in [0.5, 0.6) is 0 Å². The van der Waals surface area contributed by atoms with Crippen LogP contribution in [0.1, 0.15) is 42.3 Å². The molecule has 0 aliphatic heterocycles. The number of pyridine rings is 1. The summed E-state index contributed by atoms with van der Waals surface area (Å²) in [5.41, 5.74) is 10.7. The highest BCUT2D eigenvalue weighted by Gasteiger charge is 2.40. The second-order valence-corrected chi connectivity index (χ2v) is 7.83. The van der Waals surface area contributed by atoms with Crippen LogP contribution in [0.4, 0.5) is 5.82 Å². The third-order valence-electron chi connectivity index (χ3n) is 5.59. The molecule has 0 amide bonds. The van der Waals surface area contributed by atoms with Crippen molar-refractivity contribution in [3.63, 3.8) is 0 Å². The number of rotatable bonds is 6. The normalized spacial score (nSPS) is 22.1. The van der Waals surface area contributed by atoms with Gasteiger partial charge in [0.15, 0.2) is 11.5 Å². The monoisotopic (exact) mass is 388 g/mol. The van der Waals surface area contributed by atoms with Crippen molar-refractivity contribution in [3.05, 3.63) is 59.3 Å². The Balaban J connectivity index is 1.31. The van der Waals surface area contributed by atoms with Gasteiger partial charge in [-0.1, -0.05) is 6.07 Å². The minimum absolute atomic E-state index is 0.316. The molecular formula is C21H24N8. The average Bonchev–Trinajstić information content (AvgIpc) is 3.66. The van der Waals surface area contributed by atoms with E-state index in [4.69, 9.17) is 5.73 Å². The summed E-state index contributed by atoms with van der Waals surface area (Å²) >= 11 is 0. The van der Waals surface area contributed by atoms with E-state index in [9.17, 15) is 0 Å². The zero-order chi connectivity index (χ0) is 20.0. The van der Waals surface area contributed by atoms with Gasteiger partial charge in [-0.25, -0.2) is 4.98 Å². The molecule has 0 saturated heterocycles. The highest BCUT2D eigenvalue weighted by atomic mass is 15.4. The van der Waals surface area contributed by atoms with Crippen LogP contribution in [0.2, 0.25) is 0 Å². The van der Waals surface area contributed by atoms with E-state index >= 15 is 0 Å². The molecule has 3 heterocycles. The van der Waals surface area contributed by atoms with E-state index in [1.165, 1.54) is 18.4 Å². The number of aryl methyl sites for hydroxylation is 1. The lowest BCUT2D eigenvalue weighted by Crippen LogP contribution is -2.10. The molecule has 5 rings (SSSR count). The average molecular weight is 388 g/mol. The van der Waals surface area contributed by atoms with Crippen LogP contribution in [0.15, 0.2) is 47.2 Å². The number of nitrogens with zero attached hydrogens (tertiary/aromatic N) is 6. The predicted octanol–water partition coefficient (Wildman–Crippen LogP) is 2.47. The van der Waals surface area contributed by atoms with Gasteiger partial charge >= 0.3 is 0 Å². The fraction of sp³-hybridized carbons (Fsp3) is 0.381. The van der Waals surface area contributed by atoms with Gasteiger partial charge in [-0.15, -0.1) is 10.2 Å². The maximum absolute atomic E-state index is 6.44. The van der Waals surface area contributed by atoms with Crippen LogP contribution in [0.25, 0.3) is 5.65 Å². The van der Waals surface area contributed by atoms with Crippen LogP contribution in [-0.4, -0.2) is 43.6 Å². The third-order valence-corrected chi connectivity index (χ3v) is 5.59. The van der Waals surface area contributed by atoms with E-state index < -0.39 is 0 Å². The van der Waals surface area contributed by atoms with Gasteiger partial charge in [-0.2, -0.15) is 9.61 Å². The van der Waals surface area contributed by atoms with Gasteiger partial charge in [0, 0.05) is 30.9 Å². The lowest BCUT2D eigenvalue weighted by atomic mass is 10.1. The Morgan fingerprint density at radius 3 is 2.83 bits per heavy atom. The highest BCUT2D eigenvalue weighted by Crippen LogP contribution is 2.50. The number of anilines is 1. The molecule has 0 bridgehead atoms. The van der Waals surface area contributed by atoms with Gasteiger partial charge in [0.1, 0.15) is 11.5 Å². The molecule has 0 spiro atoms. The Kier molecular flexibility index (Phi) is 4.26. The quantitative estimate of drug-likeness (QED) is 0.628. The predicted molar refractivity (Wildman–Crippen MR) is 112 cm³/mol. The SMILES string of the molecule is CN=C(/C=C(\N)C1CC1c1ccc(NC2CC2)nc1)c1ccc2nnc(C)n2n1. The molecule has 0 aromatic carbocycles. The summed E-state index contributed by atoms with van der Waals surface area (Å²) in [5, 5.41) is 16.1. The molecule has 0 radical (unpaired) electrons. The first-order valence-electron chi connectivity index (χ1n) is 9.98. The molecule has 29 heavy (non-hydrogen) atoms. The van der Waals surface area contributed by atoms with E-state index in [0.717, 1.165) is 35.2 Å². The molecule has 3 N–H and O–H groups in total. The first-order valence-corrected chi connectivity index (χ1v) is 9.98. The fourth-order valence-electron chi connectivity index (χ4n) is 3.63. The fourth-order valence-corrected chi connectivity index (χ4v) is 3.63. The number of hydrogen-bond donors (Lipinski definition) is 2. The molecule has 3 aromatic rings. The Labute approximate surface area is 169 Å². The molecule has 2 fully saturated rings. The number of fused-ring (bicyclic) bond motifs is 1. The topological polar surface area (TPSA) is 106 Å². The summed E-state index contributed by atoms with van der Waals surface area (Å²) in [4.78, 5) is 8.95. The van der Waals surface area contributed by atoms with Crippen LogP contribution in [0, 0.1) is 12.8 Å². The molecule has 2 saturated carbocycles. The lowest BCUT2D eigenvalue weighted by molar-refractivity contribution is 0.867. The number of nitrogens with one attached hydrogen (secondary N) is 1. The molecule has 8 heteroatoms. The van der Waals surface area contributed by atoms with E-state index in [-0.39, 0.29) is 0 Å². The molecule has 2 unspecified atom stereocenters. The molecule has 8 nitrogen and oxygen atoms in total. The van der Waals surface area contributed by atoms with Crippen molar-refractivity contribution >= 4 is 17.2 Å². The molecule has 2 atom stereocenters. The highest BCUT2D eigenvalue weighted by molar-refractivity contribution is 6.07. The van der Waals surface area contributed by atoms with Crippen molar-refractivity contribution in [1.82, 2.24) is 24.8 Å². The van der Waals surface area contributed by atoms with Crippen LogP contribution in [0.3, 0.4) is 0 Å². The Bertz CT molecular complexity index is 1110. The molecule has 2 aliphatic rings. The van der Waals surface area contributed by atoms with Gasteiger partial charge in [-0.05, 0) is 61.9 Å². The van der Waals surface area contributed by atoms with Gasteiger partial charge in [0.25, 0.3) is 0 Å². The van der Waals surface area contributed by atoms with Crippen molar-refractivity contribution in [3.8, 4) is 0 Å². The minimum Gasteiger partial charge on any atom is -0.402 e. The Morgan fingerprint density at radius 1 is 1.24 bits per heavy atom. The zero-order valence-corrected chi connectivity index (χ0v) is 16.6. The van der Waals surface area contributed by atoms with Crippen LogP contribution >= 0.6 is 0 Å². The number of allylic oxidation sites excluding steroid dienone is 2. The van der Waals surface area contributed by atoms with Crippen molar-refractivity contribution in [1.29, 1.82) is 0 Å². The number of aromatic nitrogens is 5. The standard InChI is InChI=1S/C21H24N8/c1-12-26-27-21-8-6-18(28-29(12)21)19(23-2)10-17(22)16-9-15(16)13-3-7-20(24-11-13)25-14-4-5-14/h3,6-8,10-11,14-16H,4-5,9,22H2,1-2H3,(H,24,25)/b17-10-,23-19?. The smallest absolute Gasteiger partial charge is 0.177 e. The summed E-state index contributed by atoms with van der Waals surface area (Å²) in [7, 11) is 1.75. The van der Waals surface area contributed by atoms with E-state index in [0.29, 0.717) is 23.5 Å². The van der Waals surface area contributed by atoms with E-state index in [1.54, 1.807) is 11.6 Å². The van der Waals surface area contributed by atoms with Gasteiger partial charge in [0.05, 0.1) is 5.71 Å². The Hall–Kier alpha value is -3.29. The summed E-state index contributed by atoms with van der Waals surface area (Å²) < 4.78 is 1.72. The molecule has 3 aromatic heterocycles. The number of aliphatic imine (C=N–C) groups is 1. The summed E-state index contributed by atoms with van der Waals surface area (Å²) in [5.74, 6) is 2.44. The van der Waals surface area contributed by atoms with Crippen LogP contribution in [-0.2, 0) is 0 Å². The number of hydrogen-bond acceptors (Lipinski definition) is 7. The first kappa shape index (κ1) is 17.8. The van der Waals surface area contributed by atoms with Crippen molar-refractivity contribution < 1.29 is 0 Å². The third kappa shape index (κ3) is 3.57. The maximum atomic E-state index is 6.44. The second kappa shape index (κ2) is 6.95. The maximum Gasteiger partial charge on any atom is 0.177 e. The van der Waals surface area contributed by atoms with Gasteiger partial charge in [-0.3, -0.25) is 4.99 Å². The summed E-state index contributed by atoms with van der Waals surface area (Å²) in [6.07, 6.45) is 7.44. The summed E-state index contributed by atoms with van der Waals surface area (Å²) in [6, 6.07) is 8.63. The van der Waals surface area contributed by atoms with Crippen molar-refractivity contribution in [2.45, 2.75) is 38.1 Å². The van der Waals surface area contributed by atoms with Crippen LogP contribution < -0.4 is 11.1 Å². The zero-order valence-electron chi connectivity index (χ0n) is 16.6. The van der Waals surface area contributed by atoms with E-state index in [2.05, 4.69) is 42.7 Å². The molecule has 148 valence electrons. The van der Waals surface area contributed by atoms with Gasteiger partial charge < -0.3 is 11.1 Å². The first-order chi connectivity index (χ1) is 14.1. The summed E-state index contributed by atoms with van der Waals surface area (Å²) in [6.45, 7) is 1.87. The van der Waals surface area contributed by atoms with E-state index in [1.807, 2.05) is 31.3 Å².